The standard InChI is InChI=1S/C11H21NO3/c1-5-8(4)10(11(14)15-7-3)12-9(13)6-2/h8,10H,5-7H2,1-4H3,(H,12,13)/t8?,10-/m0/s1. The molecule has 0 aliphatic carbocycles. The lowest BCUT2D eigenvalue weighted by Crippen LogP contribution is -2.45. The second-order valence-corrected chi connectivity index (χ2v) is 3.54. The number of hydrogen-bond acceptors (Lipinski definition) is 3. The predicted octanol–water partition coefficient (Wildman–Crippen LogP) is 1.49. The fourth-order valence-electron chi connectivity index (χ4n) is 1.18. The Hall–Kier alpha value is -1.06. The van der Waals surface area contributed by atoms with Crippen molar-refractivity contribution in [3.05, 3.63) is 0 Å². The predicted molar refractivity (Wildman–Crippen MR) is 58.3 cm³/mol. The van der Waals surface area contributed by atoms with Gasteiger partial charge in [0.05, 0.1) is 6.61 Å². The second-order valence-electron chi connectivity index (χ2n) is 3.54. The Morgan fingerprint density at radius 2 is 1.87 bits per heavy atom. The Morgan fingerprint density at radius 3 is 2.27 bits per heavy atom. The van der Waals surface area contributed by atoms with Gasteiger partial charge in [-0.15, -0.1) is 0 Å². The molecule has 1 N–H and O–H groups in total. The molecule has 1 unspecified atom stereocenters. The van der Waals surface area contributed by atoms with E-state index in [1.54, 1.807) is 13.8 Å². The molecule has 2 atom stereocenters. The highest BCUT2D eigenvalue weighted by atomic mass is 16.5. The van der Waals surface area contributed by atoms with Crippen molar-refractivity contribution in [3.8, 4) is 0 Å². The summed E-state index contributed by atoms with van der Waals surface area (Å²) in [6.45, 7) is 7.77. The van der Waals surface area contributed by atoms with E-state index < -0.39 is 6.04 Å². The molecule has 4 heteroatoms. The lowest BCUT2D eigenvalue weighted by Gasteiger charge is -2.22. The fourth-order valence-corrected chi connectivity index (χ4v) is 1.18. The molecule has 0 radical (unpaired) electrons. The van der Waals surface area contributed by atoms with Gasteiger partial charge in [0.1, 0.15) is 6.04 Å². The van der Waals surface area contributed by atoms with Crippen molar-refractivity contribution in [2.24, 2.45) is 5.92 Å². The van der Waals surface area contributed by atoms with Gasteiger partial charge in [0.15, 0.2) is 0 Å². The van der Waals surface area contributed by atoms with Crippen molar-refractivity contribution >= 4 is 11.9 Å². The van der Waals surface area contributed by atoms with Crippen LogP contribution in [0.15, 0.2) is 0 Å². The summed E-state index contributed by atoms with van der Waals surface area (Å²) in [5, 5.41) is 2.69. The number of hydrogen-bond donors (Lipinski definition) is 1. The summed E-state index contributed by atoms with van der Waals surface area (Å²) in [5.41, 5.74) is 0. The first-order chi connectivity index (χ1) is 7.06. The first-order valence-corrected chi connectivity index (χ1v) is 5.52. The van der Waals surface area contributed by atoms with Crippen molar-refractivity contribution in [3.63, 3.8) is 0 Å². The Bertz CT molecular complexity index is 216. The van der Waals surface area contributed by atoms with E-state index in [2.05, 4.69) is 5.32 Å². The van der Waals surface area contributed by atoms with Gasteiger partial charge in [-0.05, 0) is 12.8 Å². The topological polar surface area (TPSA) is 55.4 Å². The molecule has 0 aliphatic heterocycles. The molecule has 0 fully saturated rings. The third-order valence-corrected chi connectivity index (χ3v) is 2.39. The SMILES string of the molecule is CCOC(=O)[C@@H](NC(=O)CC)C(C)CC. The zero-order chi connectivity index (χ0) is 11.8. The van der Waals surface area contributed by atoms with E-state index in [4.69, 9.17) is 4.74 Å². The molecular formula is C11H21NO3. The highest BCUT2D eigenvalue weighted by Gasteiger charge is 2.26. The molecule has 88 valence electrons. The average molecular weight is 215 g/mol. The minimum Gasteiger partial charge on any atom is -0.464 e. The van der Waals surface area contributed by atoms with Crippen LogP contribution in [0.2, 0.25) is 0 Å². The van der Waals surface area contributed by atoms with E-state index in [-0.39, 0.29) is 17.8 Å². The van der Waals surface area contributed by atoms with Crippen LogP contribution < -0.4 is 5.32 Å². The summed E-state index contributed by atoms with van der Waals surface area (Å²) >= 11 is 0. The van der Waals surface area contributed by atoms with E-state index >= 15 is 0 Å². The average Bonchev–Trinajstić information content (AvgIpc) is 2.24. The molecule has 0 saturated carbocycles. The van der Waals surface area contributed by atoms with E-state index in [0.29, 0.717) is 13.0 Å². The van der Waals surface area contributed by atoms with Crippen molar-refractivity contribution in [2.45, 2.75) is 46.6 Å². The maximum Gasteiger partial charge on any atom is 0.328 e. The molecule has 0 saturated heterocycles. The smallest absolute Gasteiger partial charge is 0.328 e. The Kier molecular flexibility index (Phi) is 6.75. The Balaban J connectivity index is 4.43. The molecule has 0 aromatic carbocycles. The first-order valence-electron chi connectivity index (χ1n) is 5.52. The van der Waals surface area contributed by atoms with Crippen molar-refractivity contribution < 1.29 is 14.3 Å². The fraction of sp³-hybridized carbons (Fsp3) is 0.818. The number of carbonyl (C=O) groups excluding carboxylic acids is 2. The Labute approximate surface area is 91.4 Å². The third-order valence-electron chi connectivity index (χ3n) is 2.39. The summed E-state index contributed by atoms with van der Waals surface area (Å²) in [6.07, 6.45) is 1.21. The molecular weight excluding hydrogens is 194 g/mol. The molecule has 0 aromatic rings. The summed E-state index contributed by atoms with van der Waals surface area (Å²) in [5.74, 6) is -0.360. The lowest BCUT2D eigenvalue weighted by molar-refractivity contribution is -0.148. The van der Waals surface area contributed by atoms with E-state index in [0.717, 1.165) is 6.42 Å². The van der Waals surface area contributed by atoms with Crippen molar-refractivity contribution in [1.82, 2.24) is 5.32 Å². The quantitative estimate of drug-likeness (QED) is 0.683. The van der Waals surface area contributed by atoms with Crippen LogP contribution >= 0.6 is 0 Å². The summed E-state index contributed by atoms with van der Waals surface area (Å²) in [7, 11) is 0. The minimum absolute atomic E-state index is 0.0968. The van der Waals surface area contributed by atoms with Gasteiger partial charge >= 0.3 is 5.97 Å². The van der Waals surface area contributed by atoms with E-state index in [1.165, 1.54) is 0 Å². The summed E-state index contributed by atoms with van der Waals surface area (Å²) in [6, 6.07) is -0.512. The molecule has 0 spiro atoms. The number of esters is 1. The van der Waals surface area contributed by atoms with Gasteiger partial charge in [0.25, 0.3) is 0 Å². The maximum absolute atomic E-state index is 11.6. The van der Waals surface area contributed by atoms with Crippen LogP contribution in [-0.2, 0) is 14.3 Å². The van der Waals surface area contributed by atoms with Crippen LogP contribution in [0.25, 0.3) is 0 Å². The van der Waals surface area contributed by atoms with Gasteiger partial charge in [0, 0.05) is 6.42 Å². The normalized spacial score (nSPS) is 14.1. The van der Waals surface area contributed by atoms with Gasteiger partial charge in [0.2, 0.25) is 5.91 Å². The molecule has 1 amide bonds. The van der Waals surface area contributed by atoms with Crippen LogP contribution in [-0.4, -0.2) is 24.5 Å². The summed E-state index contributed by atoms with van der Waals surface area (Å²) in [4.78, 5) is 22.8. The van der Waals surface area contributed by atoms with Crippen LogP contribution in [0.3, 0.4) is 0 Å². The highest BCUT2D eigenvalue weighted by Crippen LogP contribution is 2.09. The molecule has 0 aromatic heterocycles. The van der Waals surface area contributed by atoms with Crippen molar-refractivity contribution in [1.29, 1.82) is 0 Å². The van der Waals surface area contributed by atoms with E-state index in [9.17, 15) is 9.59 Å². The number of carbonyl (C=O) groups is 2. The van der Waals surface area contributed by atoms with Gasteiger partial charge in [-0.2, -0.15) is 0 Å². The van der Waals surface area contributed by atoms with Crippen LogP contribution in [0.4, 0.5) is 0 Å². The Morgan fingerprint density at radius 1 is 1.27 bits per heavy atom. The largest absolute Gasteiger partial charge is 0.464 e. The van der Waals surface area contributed by atoms with Crippen LogP contribution in [0.1, 0.15) is 40.5 Å². The molecule has 15 heavy (non-hydrogen) atoms. The summed E-state index contributed by atoms with van der Waals surface area (Å²) < 4.78 is 4.92. The highest BCUT2D eigenvalue weighted by molar-refractivity contribution is 5.84. The number of amides is 1. The minimum atomic E-state index is -0.512. The molecule has 0 rings (SSSR count). The molecule has 0 bridgehead atoms. The van der Waals surface area contributed by atoms with Crippen LogP contribution in [0, 0.1) is 5.92 Å². The second kappa shape index (κ2) is 7.26. The van der Waals surface area contributed by atoms with Gasteiger partial charge in [-0.3, -0.25) is 4.79 Å². The maximum atomic E-state index is 11.6. The number of nitrogens with one attached hydrogen (secondary N) is 1. The first kappa shape index (κ1) is 13.9. The molecule has 4 nitrogen and oxygen atoms in total. The third kappa shape index (κ3) is 4.81. The van der Waals surface area contributed by atoms with Crippen LogP contribution in [0.5, 0.6) is 0 Å². The van der Waals surface area contributed by atoms with Crippen molar-refractivity contribution in [2.75, 3.05) is 6.61 Å². The zero-order valence-electron chi connectivity index (χ0n) is 10.0. The van der Waals surface area contributed by atoms with E-state index in [1.807, 2.05) is 13.8 Å². The molecule has 0 heterocycles. The lowest BCUT2D eigenvalue weighted by atomic mass is 9.99. The molecule has 0 aliphatic rings. The van der Waals surface area contributed by atoms with Gasteiger partial charge < -0.3 is 10.1 Å². The monoisotopic (exact) mass is 215 g/mol. The number of ether oxygens (including phenoxy) is 1. The van der Waals surface area contributed by atoms with Gasteiger partial charge in [-0.1, -0.05) is 27.2 Å². The zero-order valence-corrected chi connectivity index (χ0v) is 10.0. The number of rotatable bonds is 6. The van der Waals surface area contributed by atoms with Gasteiger partial charge in [-0.25, -0.2) is 4.79 Å².